The Kier molecular flexibility index (Phi) is 3.63. The molecule has 2 fully saturated rings. The van der Waals surface area contributed by atoms with E-state index in [4.69, 9.17) is 0 Å². The van der Waals surface area contributed by atoms with Crippen molar-refractivity contribution < 1.29 is 8.42 Å². The fourth-order valence-corrected chi connectivity index (χ4v) is 5.02. The molecule has 1 aromatic carbocycles. The van der Waals surface area contributed by atoms with Crippen LogP contribution in [-0.2, 0) is 10.0 Å². The number of hydrogen-bond acceptors (Lipinski definition) is 2. The van der Waals surface area contributed by atoms with Crippen molar-refractivity contribution in [3.05, 3.63) is 30.3 Å². The monoisotopic (exact) mass is 279 g/mol. The van der Waals surface area contributed by atoms with Gasteiger partial charge >= 0.3 is 0 Å². The standard InChI is InChI=1S/C15H21NO2S/c17-19(18,15-7-2-1-3-8-15)16-11-13-5-4-6-14(12-16)10-9-13/h1-3,7-8,13-14H,4-6,9-12H2. The van der Waals surface area contributed by atoms with Crippen molar-refractivity contribution in [3.63, 3.8) is 0 Å². The molecule has 2 bridgehead atoms. The predicted molar refractivity (Wildman–Crippen MR) is 75.3 cm³/mol. The summed E-state index contributed by atoms with van der Waals surface area (Å²) in [5.74, 6) is 1.12. The van der Waals surface area contributed by atoms with E-state index in [1.165, 1.54) is 32.1 Å². The van der Waals surface area contributed by atoms with E-state index in [1.54, 1.807) is 28.6 Å². The third-order valence-corrected chi connectivity index (χ3v) is 6.36. The van der Waals surface area contributed by atoms with Crippen LogP contribution >= 0.6 is 0 Å². The molecule has 1 saturated heterocycles. The van der Waals surface area contributed by atoms with E-state index in [0.717, 1.165) is 0 Å². The van der Waals surface area contributed by atoms with Crippen LogP contribution < -0.4 is 0 Å². The zero-order chi connectivity index (χ0) is 13.3. The van der Waals surface area contributed by atoms with Crippen LogP contribution in [0.3, 0.4) is 0 Å². The number of rotatable bonds is 2. The summed E-state index contributed by atoms with van der Waals surface area (Å²) in [6, 6.07) is 8.86. The third kappa shape index (κ3) is 2.70. The summed E-state index contributed by atoms with van der Waals surface area (Å²) in [5.41, 5.74) is 0. The van der Waals surface area contributed by atoms with E-state index in [1.807, 2.05) is 6.07 Å². The van der Waals surface area contributed by atoms with Gasteiger partial charge in [0.25, 0.3) is 0 Å². The van der Waals surface area contributed by atoms with Gasteiger partial charge in [0.2, 0.25) is 10.0 Å². The first-order valence-electron chi connectivity index (χ1n) is 7.21. The normalized spacial score (nSPS) is 28.8. The average Bonchev–Trinajstić information content (AvgIpc) is 2.73. The highest BCUT2D eigenvalue weighted by Gasteiger charge is 2.33. The topological polar surface area (TPSA) is 37.4 Å². The maximum atomic E-state index is 12.7. The highest BCUT2D eigenvalue weighted by atomic mass is 32.2. The minimum Gasteiger partial charge on any atom is -0.207 e. The Hall–Kier alpha value is -0.870. The molecule has 1 saturated carbocycles. The molecule has 1 aliphatic heterocycles. The van der Waals surface area contributed by atoms with Gasteiger partial charge in [0.05, 0.1) is 4.90 Å². The van der Waals surface area contributed by atoms with Crippen LogP contribution in [0.15, 0.2) is 35.2 Å². The van der Waals surface area contributed by atoms with Gasteiger partial charge in [-0.05, 0) is 49.7 Å². The molecular weight excluding hydrogens is 258 g/mol. The van der Waals surface area contributed by atoms with Gasteiger partial charge in [0, 0.05) is 13.1 Å². The average molecular weight is 279 g/mol. The maximum absolute atomic E-state index is 12.7. The molecule has 3 rings (SSSR count). The molecule has 0 aromatic heterocycles. The minimum absolute atomic E-state index is 0.440. The molecule has 4 heteroatoms. The Labute approximate surface area is 115 Å². The van der Waals surface area contributed by atoms with Crippen molar-refractivity contribution in [2.45, 2.75) is 37.0 Å². The Balaban J connectivity index is 1.89. The molecule has 19 heavy (non-hydrogen) atoms. The van der Waals surface area contributed by atoms with E-state index >= 15 is 0 Å². The number of nitrogens with zero attached hydrogens (tertiary/aromatic N) is 1. The van der Waals surface area contributed by atoms with Crippen LogP contribution in [0.5, 0.6) is 0 Å². The first-order chi connectivity index (χ1) is 9.16. The second-order valence-electron chi connectivity index (χ2n) is 5.88. The molecule has 3 nitrogen and oxygen atoms in total. The maximum Gasteiger partial charge on any atom is 0.243 e. The largest absolute Gasteiger partial charge is 0.243 e. The summed E-state index contributed by atoms with van der Waals surface area (Å²) >= 11 is 0. The molecule has 2 aliphatic rings. The van der Waals surface area contributed by atoms with Gasteiger partial charge in [0.1, 0.15) is 0 Å². The van der Waals surface area contributed by atoms with Gasteiger partial charge < -0.3 is 0 Å². The van der Waals surface area contributed by atoms with Crippen molar-refractivity contribution in [3.8, 4) is 0 Å². The van der Waals surface area contributed by atoms with Crippen molar-refractivity contribution >= 4 is 10.0 Å². The predicted octanol–water partition coefficient (Wildman–Crippen LogP) is 2.89. The van der Waals surface area contributed by atoms with Crippen molar-refractivity contribution in [1.29, 1.82) is 0 Å². The second-order valence-corrected chi connectivity index (χ2v) is 7.81. The minimum atomic E-state index is -3.29. The number of benzene rings is 1. The van der Waals surface area contributed by atoms with Crippen molar-refractivity contribution in [2.75, 3.05) is 13.1 Å². The van der Waals surface area contributed by atoms with Gasteiger partial charge in [-0.1, -0.05) is 24.6 Å². The first-order valence-corrected chi connectivity index (χ1v) is 8.65. The van der Waals surface area contributed by atoms with E-state index in [0.29, 0.717) is 29.8 Å². The molecule has 104 valence electrons. The molecule has 0 spiro atoms. The Morgan fingerprint density at radius 3 is 2.05 bits per heavy atom. The van der Waals surface area contributed by atoms with E-state index in [-0.39, 0.29) is 0 Å². The lowest BCUT2D eigenvalue weighted by molar-refractivity contribution is 0.296. The molecule has 1 aliphatic carbocycles. The smallest absolute Gasteiger partial charge is 0.207 e. The summed E-state index contributed by atoms with van der Waals surface area (Å²) in [7, 11) is -3.29. The first kappa shape index (κ1) is 13.1. The highest BCUT2D eigenvalue weighted by Crippen LogP contribution is 2.34. The number of fused-ring (bicyclic) bond motifs is 3. The quantitative estimate of drug-likeness (QED) is 0.835. The Bertz CT molecular complexity index is 512. The van der Waals surface area contributed by atoms with Crippen LogP contribution in [0.2, 0.25) is 0 Å². The lowest BCUT2D eigenvalue weighted by atomic mass is 10.0. The van der Waals surface area contributed by atoms with E-state index in [2.05, 4.69) is 0 Å². The molecular formula is C15H21NO2S. The molecule has 2 atom stereocenters. The summed E-state index contributed by atoms with van der Waals surface area (Å²) in [5, 5.41) is 0. The van der Waals surface area contributed by atoms with Crippen LogP contribution in [0.1, 0.15) is 32.1 Å². The second kappa shape index (κ2) is 5.25. The summed E-state index contributed by atoms with van der Waals surface area (Å²) in [6.07, 6.45) is 6.06. The molecule has 0 amide bonds. The molecule has 1 heterocycles. The third-order valence-electron chi connectivity index (χ3n) is 4.51. The zero-order valence-electron chi connectivity index (χ0n) is 11.2. The lowest BCUT2D eigenvalue weighted by Gasteiger charge is -2.28. The highest BCUT2D eigenvalue weighted by molar-refractivity contribution is 7.89. The van der Waals surface area contributed by atoms with Crippen molar-refractivity contribution in [2.24, 2.45) is 11.8 Å². The van der Waals surface area contributed by atoms with Crippen LogP contribution in [0.4, 0.5) is 0 Å². The molecule has 2 unspecified atom stereocenters. The van der Waals surface area contributed by atoms with E-state index < -0.39 is 10.0 Å². The van der Waals surface area contributed by atoms with Gasteiger partial charge in [-0.2, -0.15) is 4.31 Å². The van der Waals surface area contributed by atoms with Gasteiger partial charge in [-0.15, -0.1) is 0 Å². The summed E-state index contributed by atoms with van der Waals surface area (Å²) in [6.45, 7) is 1.43. The summed E-state index contributed by atoms with van der Waals surface area (Å²) in [4.78, 5) is 0.440. The fraction of sp³-hybridized carbons (Fsp3) is 0.600. The molecule has 1 aromatic rings. The number of hydrogen-bond donors (Lipinski definition) is 0. The van der Waals surface area contributed by atoms with Crippen molar-refractivity contribution in [1.82, 2.24) is 4.31 Å². The number of sulfonamides is 1. The lowest BCUT2D eigenvalue weighted by Crippen LogP contribution is -2.37. The van der Waals surface area contributed by atoms with E-state index in [9.17, 15) is 8.42 Å². The summed E-state index contributed by atoms with van der Waals surface area (Å²) < 4.78 is 27.1. The van der Waals surface area contributed by atoms with Gasteiger partial charge in [-0.25, -0.2) is 8.42 Å². The van der Waals surface area contributed by atoms with Crippen LogP contribution in [0.25, 0.3) is 0 Å². The Morgan fingerprint density at radius 1 is 0.895 bits per heavy atom. The SMILES string of the molecule is O=S(=O)(c1ccccc1)N1CC2CCCC(CC2)C1. The van der Waals surface area contributed by atoms with Crippen LogP contribution in [-0.4, -0.2) is 25.8 Å². The molecule has 0 N–H and O–H groups in total. The Morgan fingerprint density at radius 2 is 1.47 bits per heavy atom. The van der Waals surface area contributed by atoms with Gasteiger partial charge in [0.15, 0.2) is 0 Å². The fourth-order valence-electron chi connectivity index (χ4n) is 3.41. The van der Waals surface area contributed by atoms with Crippen LogP contribution in [0, 0.1) is 11.8 Å². The molecule has 0 radical (unpaired) electrons. The zero-order valence-corrected chi connectivity index (χ0v) is 12.0. The van der Waals surface area contributed by atoms with Gasteiger partial charge in [-0.3, -0.25) is 0 Å².